The van der Waals surface area contributed by atoms with E-state index in [1.165, 1.54) is 5.56 Å². The minimum Gasteiger partial charge on any atom is -0.392 e. The van der Waals surface area contributed by atoms with Crippen LogP contribution in [0.2, 0.25) is 0 Å². The van der Waals surface area contributed by atoms with Crippen LogP contribution in [0.4, 0.5) is 5.82 Å². The normalized spacial score (nSPS) is 12.5. The van der Waals surface area contributed by atoms with E-state index in [1.807, 2.05) is 18.3 Å². The zero-order valence-corrected chi connectivity index (χ0v) is 14.6. The van der Waals surface area contributed by atoms with Gasteiger partial charge < -0.3 is 15.0 Å². The average Bonchev–Trinajstić information content (AvgIpc) is 2.88. The highest BCUT2D eigenvalue weighted by molar-refractivity contribution is 5.93. The number of aromatic nitrogens is 2. The van der Waals surface area contributed by atoms with Crippen molar-refractivity contribution in [3.8, 4) is 0 Å². The molecule has 4 nitrogen and oxygen atoms in total. The van der Waals surface area contributed by atoms with Crippen molar-refractivity contribution in [2.45, 2.75) is 46.4 Å². The molecule has 4 heteroatoms. The molecule has 0 aliphatic rings. The molecule has 3 aromatic rings. The molecule has 0 saturated carbocycles. The Balaban J connectivity index is 2.08. The van der Waals surface area contributed by atoms with Crippen LogP contribution >= 0.6 is 0 Å². The third kappa shape index (κ3) is 2.89. The van der Waals surface area contributed by atoms with Gasteiger partial charge in [0.15, 0.2) is 5.82 Å². The number of rotatable bonds is 6. The van der Waals surface area contributed by atoms with Crippen LogP contribution < -0.4 is 5.32 Å². The second-order valence-electron chi connectivity index (χ2n) is 6.21. The highest BCUT2D eigenvalue weighted by Gasteiger charge is 2.18. The molecule has 1 aromatic carbocycles. The lowest BCUT2D eigenvalue weighted by atomic mass is 10.1. The predicted molar refractivity (Wildman–Crippen MR) is 99.2 cm³/mol. The Morgan fingerprint density at radius 1 is 1.21 bits per heavy atom. The number of pyridine rings is 1. The van der Waals surface area contributed by atoms with Crippen molar-refractivity contribution in [1.29, 1.82) is 0 Å². The first-order valence-electron chi connectivity index (χ1n) is 8.56. The summed E-state index contributed by atoms with van der Waals surface area (Å²) in [6.07, 6.45) is 2.86. The maximum Gasteiger partial charge on any atom is 0.151 e. The second-order valence-corrected chi connectivity index (χ2v) is 6.21. The molecule has 0 amide bonds. The Morgan fingerprint density at radius 2 is 1.96 bits per heavy atom. The maximum atomic E-state index is 9.79. The molecule has 0 unspecified atom stereocenters. The lowest BCUT2D eigenvalue weighted by Crippen LogP contribution is -2.10. The number of hydrogen-bond acceptors (Lipinski definition) is 3. The molecule has 0 fully saturated rings. The fourth-order valence-electron chi connectivity index (χ4n) is 3.33. The summed E-state index contributed by atoms with van der Waals surface area (Å²) in [6.45, 7) is 7.35. The van der Waals surface area contributed by atoms with Gasteiger partial charge >= 0.3 is 0 Å². The van der Waals surface area contributed by atoms with E-state index in [0.717, 1.165) is 40.9 Å². The number of aliphatic hydroxyl groups is 1. The Kier molecular flexibility index (Phi) is 4.86. The first-order chi connectivity index (χ1) is 11.7. The molecule has 2 aromatic heterocycles. The lowest BCUT2D eigenvalue weighted by molar-refractivity contribution is 0.282. The third-order valence-electron chi connectivity index (χ3n) is 4.62. The number of aryl methyl sites for hydroxylation is 1. The summed E-state index contributed by atoms with van der Waals surface area (Å²) in [5.74, 6) is 0.875. The second kappa shape index (κ2) is 7.05. The van der Waals surface area contributed by atoms with Crippen molar-refractivity contribution in [2.24, 2.45) is 0 Å². The molecule has 126 valence electrons. The van der Waals surface area contributed by atoms with Crippen LogP contribution in [0.1, 0.15) is 43.1 Å². The number of benzene rings is 1. The highest BCUT2D eigenvalue weighted by Crippen LogP contribution is 2.32. The molecule has 1 atom stereocenters. The zero-order valence-electron chi connectivity index (χ0n) is 14.6. The van der Waals surface area contributed by atoms with Crippen molar-refractivity contribution in [3.63, 3.8) is 0 Å². The van der Waals surface area contributed by atoms with E-state index >= 15 is 0 Å². The monoisotopic (exact) mass is 323 g/mol. The first kappa shape index (κ1) is 16.5. The van der Waals surface area contributed by atoms with Gasteiger partial charge in [-0.1, -0.05) is 37.3 Å². The zero-order chi connectivity index (χ0) is 17.1. The van der Waals surface area contributed by atoms with Crippen LogP contribution in [-0.4, -0.2) is 14.7 Å². The van der Waals surface area contributed by atoms with E-state index in [1.54, 1.807) is 0 Å². The molecule has 24 heavy (non-hydrogen) atoms. The quantitative estimate of drug-likeness (QED) is 0.706. The molecule has 0 radical (unpaired) electrons. The molecule has 3 rings (SSSR count). The van der Waals surface area contributed by atoms with E-state index in [4.69, 9.17) is 0 Å². The van der Waals surface area contributed by atoms with Gasteiger partial charge in [0.2, 0.25) is 0 Å². The number of aliphatic hydroxyl groups excluding tert-OH is 1. The molecular weight excluding hydrogens is 298 g/mol. The molecule has 2 heterocycles. The number of nitrogens with zero attached hydrogens (tertiary/aromatic N) is 2. The van der Waals surface area contributed by atoms with Crippen LogP contribution in [0.3, 0.4) is 0 Å². The van der Waals surface area contributed by atoms with Gasteiger partial charge in [0, 0.05) is 29.4 Å². The van der Waals surface area contributed by atoms with Crippen LogP contribution in [0.25, 0.3) is 10.9 Å². The van der Waals surface area contributed by atoms with Gasteiger partial charge in [0.1, 0.15) is 0 Å². The van der Waals surface area contributed by atoms with Crippen LogP contribution in [-0.2, 0) is 13.2 Å². The number of nitrogens with one attached hydrogen (secondary N) is 1. The smallest absolute Gasteiger partial charge is 0.151 e. The summed E-state index contributed by atoms with van der Waals surface area (Å²) >= 11 is 0. The van der Waals surface area contributed by atoms with Crippen LogP contribution in [0.5, 0.6) is 0 Å². The molecule has 0 aliphatic carbocycles. The molecular formula is C20H25N3O. The molecule has 0 saturated heterocycles. The summed E-state index contributed by atoms with van der Waals surface area (Å²) in [5, 5.41) is 14.4. The molecule has 0 aliphatic heterocycles. The first-order valence-corrected chi connectivity index (χ1v) is 8.56. The Hall–Kier alpha value is -2.33. The van der Waals surface area contributed by atoms with Gasteiger partial charge in [-0.2, -0.15) is 0 Å². The van der Waals surface area contributed by atoms with Crippen LogP contribution in [0.15, 0.2) is 42.6 Å². The summed E-state index contributed by atoms with van der Waals surface area (Å²) < 4.78 is 2.27. The van der Waals surface area contributed by atoms with Crippen molar-refractivity contribution in [1.82, 2.24) is 9.55 Å². The number of fused-ring (bicyclic) bond motifs is 1. The fraction of sp³-hybridized carbons (Fsp3) is 0.350. The van der Waals surface area contributed by atoms with Crippen molar-refractivity contribution in [3.05, 3.63) is 59.4 Å². The fourth-order valence-corrected chi connectivity index (χ4v) is 3.33. The third-order valence-corrected chi connectivity index (χ3v) is 4.62. The summed E-state index contributed by atoms with van der Waals surface area (Å²) in [7, 11) is 0. The molecule has 2 N–H and O–H groups in total. The van der Waals surface area contributed by atoms with Gasteiger partial charge in [-0.3, -0.25) is 0 Å². The Labute approximate surface area is 143 Å². The summed E-state index contributed by atoms with van der Waals surface area (Å²) in [5.41, 5.74) is 4.43. The maximum absolute atomic E-state index is 9.79. The minimum absolute atomic E-state index is 0.0523. The van der Waals surface area contributed by atoms with E-state index in [-0.39, 0.29) is 12.6 Å². The van der Waals surface area contributed by atoms with E-state index in [0.29, 0.717) is 0 Å². The predicted octanol–water partition coefficient (Wildman–Crippen LogP) is 4.42. The SMILES string of the molecule is CCCn1c(C)c(CO)c2ccnc(N[C@@H](C)c3ccccc3)c21. The van der Waals surface area contributed by atoms with Gasteiger partial charge in [-0.05, 0) is 31.9 Å². The van der Waals surface area contributed by atoms with Gasteiger partial charge in [-0.25, -0.2) is 4.98 Å². The summed E-state index contributed by atoms with van der Waals surface area (Å²) in [6, 6.07) is 12.5. The van der Waals surface area contributed by atoms with E-state index < -0.39 is 0 Å². The summed E-state index contributed by atoms with van der Waals surface area (Å²) in [4.78, 5) is 4.59. The lowest BCUT2D eigenvalue weighted by Gasteiger charge is -2.17. The van der Waals surface area contributed by atoms with Crippen molar-refractivity contribution < 1.29 is 5.11 Å². The molecule has 0 bridgehead atoms. The Bertz CT molecular complexity index is 824. The standard InChI is InChI=1S/C20H25N3O/c1-4-12-23-15(3)18(13-24)17-10-11-21-20(19(17)23)22-14(2)16-8-6-5-7-9-16/h5-11,14,24H,4,12-13H2,1-3H3,(H,21,22)/t14-/m0/s1. The highest BCUT2D eigenvalue weighted by atomic mass is 16.3. The largest absolute Gasteiger partial charge is 0.392 e. The van der Waals surface area contributed by atoms with Crippen LogP contribution in [0, 0.1) is 6.92 Å². The number of anilines is 1. The van der Waals surface area contributed by atoms with E-state index in [2.05, 4.69) is 59.9 Å². The van der Waals surface area contributed by atoms with Crippen molar-refractivity contribution >= 4 is 16.7 Å². The van der Waals surface area contributed by atoms with Gasteiger partial charge in [-0.15, -0.1) is 0 Å². The van der Waals surface area contributed by atoms with Gasteiger partial charge in [0.25, 0.3) is 0 Å². The van der Waals surface area contributed by atoms with Gasteiger partial charge in [0.05, 0.1) is 18.2 Å². The van der Waals surface area contributed by atoms with E-state index in [9.17, 15) is 5.11 Å². The minimum atomic E-state index is 0.0523. The van der Waals surface area contributed by atoms with Crippen molar-refractivity contribution in [2.75, 3.05) is 5.32 Å². The topological polar surface area (TPSA) is 50.1 Å². The number of hydrogen-bond donors (Lipinski definition) is 2. The molecule has 0 spiro atoms. The average molecular weight is 323 g/mol. The Morgan fingerprint density at radius 3 is 2.62 bits per heavy atom.